The van der Waals surface area contributed by atoms with E-state index in [1.54, 1.807) is 0 Å². The van der Waals surface area contributed by atoms with Gasteiger partial charge >= 0.3 is 0 Å². The smallest absolute Gasteiger partial charge is 0.163 e. The number of aryl methyl sites for hydroxylation is 1. The third-order valence-corrected chi connectivity index (χ3v) is 8.64. The van der Waals surface area contributed by atoms with Gasteiger partial charge in [-0.2, -0.15) is 0 Å². The van der Waals surface area contributed by atoms with Gasteiger partial charge in [0.05, 0.1) is 0 Å². The zero-order valence-electron chi connectivity index (χ0n) is 25.6. The largest absolute Gasteiger partial charge is 0.213 e. The molecule has 0 atom stereocenters. The highest BCUT2D eigenvalue weighted by molar-refractivity contribution is 6.05. The van der Waals surface area contributed by atoms with Crippen molar-refractivity contribution in [2.45, 2.75) is 13.3 Å². The van der Waals surface area contributed by atoms with E-state index in [0.717, 1.165) is 34.3 Å². The van der Waals surface area contributed by atoms with E-state index in [9.17, 15) is 0 Å². The molecule has 0 amide bonds. The fraction of sp³-hybridized carbons (Fsp3) is 0.0465. The highest BCUT2D eigenvalue weighted by Gasteiger charge is 2.14. The van der Waals surface area contributed by atoms with Crippen molar-refractivity contribution in [1.29, 1.82) is 0 Å². The van der Waals surface area contributed by atoms with Crippen LogP contribution in [0.4, 0.5) is 0 Å². The number of aromatic nitrogens is 3. The van der Waals surface area contributed by atoms with Crippen LogP contribution in [0.1, 0.15) is 12.7 Å². The Morgan fingerprint density at radius 2 is 0.870 bits per heavy atom. The Kier molecular flexibility index (Phi) is 7.12. The Morgan fingerprint density at radius 1 is 0.370 bits per heavy atom. The van der Waals surface area contributed by atoms with Gasteiger partial charge in [-0.15, -0.1) is 0 Å². The minimum Gasteiger partial charge on any atom is -0.213 e. The van der Waals surface area contributed by atoms with Crippen LogP contribution in [-0.4, -0.2) is 15.0 Å². The van der Waals surface area contributed by atoms with Crippen LogP contribution in [0, 0.1) is 0 Å². The molecule has 7 aromatic carbocycles. The van der Waals surface area contributed by atoms with Gasteiger partial charge in [-0.25, -0.2) is 15.0 Å². The molecule has 0 aliphatic carbocycles. The second-order valence-corrected chi connectivity index (χ2v) is 11.5. The maximum atomic E-state index is 5.02. The van der Waals surface area contributed by atoms with Crippen molar-refractivity contribution in [3.05, 3.63) is 164 Å². The Balaban J connectivity index is 1.18. The number of fused-ring (bicyclic) bond motifs is 2. The van der Waals surface area contributed by atoms with E-state index in [2.05, 4.69) is 159 Å². The van der Waals surface area contributed by atoms with Gasteiger partial charge in [0.25, 0.3) is 0 Å². The Bertz CT molecular complexity index is 2340. The van der Waals surface area contributed by atoms with E-state index in [0.29, 0.717) is 11.6 Å². The maximum Gasteiger partial charge on any atom is 0.163 e. The molecule has 46 heavy (non-hydrogen) atoms. The van der Waals surface area contributed by atoms with Gasteiger partial charge in [-0.05, 0) is 73.1 Å². The molecule has 3 heteroatoms. The molecule has 0 radical (unpaired) electrons. The second kappa shape index (κ2) is 11.9. The molecule has 1 heterocycles. The Labute approximate surface area is 268 Å². The van der Waals surface area contributed by atoms with E-state index >= 15 is 0 Å². The zero-order valence-corrected chi connectivity index (χ0v) is 25.6. The van der Waals surface area contributed by atoms with Gasteiger partial charge in [0.2, 0.25) is 0 Å². The summed E-state index contributed by atoms with van der Waals surface area (Å²) in [7, 11) is 0. The third kappa shape index (κ3) is 5.22. The normalized spacial score (nSPS) is 11.2. The summed E-state index contributed by atoms with van der Waals surface area (Å²) in [5, 5.41) is 4.80. The Hall–Kier alpha value is -5.93. The monoisotopic (exact) mass is 589 g/mol. The first kappa shape index (κ1) is 27.6. The van der Waals surface area contributed by atoms with Gasteiger partial charge in [0.1, 0.15) is 5.82 Å². The molecule has 8 aromatic rings. The van der Waals surface area contributed by atoms with Crippen molar-refractivity contribution in [3.63, 3.8) is 0 Å². The van der Waals surface area contributed by atoms with Crippen LogP contribution < -0.4 is 0 Å². The third-order valence-electron chi connectivity index (χ3n) is 8.64. The molecule has 3 nitrogen and oxygen atoms in total. The van der Waals surface area contributed by atoms with Crippen molar-refractivity contribution in [1.82, 2.24) is 15.0 Å². The lowest BCUT2D eigenvalue weighted by molar-refractivity contribution is 0.910. The molecule has 0 unspecified atom stereocenters. The lowest BCUT2D eigenvalue weighted by Gasteiger charge is -2.13. The van der Waals surface area contributed by atoms with E-state index in [4.69, 9.17) is 15.0 Å². The topological polar surface area (TPSA) is 38.7 Å². The number of benzene rings is 7. The molecule has 8 rings (SSSR count). The molecule has 0 saturated heterocycles. The average Bonchev–Trinajstić information content (AvgIpc) is 3.14. The fourth-order valence-corrected chi connectivity index (χ4v) is 6.28. The van der Waals surface area contributed by atoms with Crippen LogP contribution in [0.5, 0.6) is 0 Å². The predicted molar refractivity (Wildman–Crippen MR) is 191 cm³/mol. The molecule has 0 aliphatic rings. The lowest BCUT2D eigenvalue weighted by atomic mass is 9.91. The summed E-state index contributed by atoms with van der Waals surface area (Å²) in [5.41, 5.74) is 9.15. The average molecular weight is 590 g/mol. The van der Waals surface area contributed by atoms with Crippen molar-refractivity contribution >= 4 is 21.5 Å². The number of nitrogens with zero attached hydrogens (tertiary/aromatic N) is 3. The summed E-state index contributed by atoms with van der Waals surface area (Å²) in [6.07, 6.45) is 0.724. The van der Waals surface area contributed by atoms with Gasteiger partial charge in [-0.1, -0.05) is 146 Å². The van der Waals surface area contributed by atoms with Crippen LogP contribution in [0.2, 0.25) is 0 Å². The molecule has 218 valence electrons. The first-order valence-electron chi connectivity index (χ1n) is 15.8. The highest BCUT2D eigenvalue weighted by atomic mass is 15.0. The highest BCUT2D eigenvalue weighted by Crippen LogP contribution is 2.37. The molecule has 0 fully saturated rings. The summed E-state index contributed by atoms with van der Waals surface area (Å²) in [6, 6.07) is 55.8. The van der Waals surface area contributed by atoms with Crippen LogP contribution in [0.15, 0.2) is 158 Å². The summed E-state index contributed by atoms with van der Waals surface area (Å²) in [5.74, 6) is 2.16. The van der Waals surface area contributed by atoms with Gasteiger partial charge in [0.15, 0.2) is 11.6 Å². The van der Waals surface area contributed by atoms with Crippen molar-refractivity contribution < 1.29 is 0 Å². The molecule has 0 spiro atoms. The SMILES string of the molecule is CCc1nc(-c2cccc(-c3ccc(-c4ccccc4)c4ccccc34)c2)nc(-c2ccc3cc(-c4ccccc4)ccc3c2)n1. The molecular formula is C43H31N3. The van der Waals surface area contributed by atoms with Crippen LogP contribution >= 0.6 is 0 Å². The van der Waals surface area contributed by atoms with Gasteiger partial charge < -0.3 is 0 Å². The summed E-state index contributed by atoms with van der Waals surface area (Å²) >= 11 is 0. The van der Waals surface area contributed by atoms with E-state index in [1.807, 2.05) is 6.07 Å². The molecule has 0 bridgehead atoms. The fourth-order valence-electron chi connectivity index (χ4n) is 6.28. The van der Waals surface area contributed by atoms with Crippen molar-refractivity contribution in [2.24, 2.45) is 0 Å². The van der Waals surface area contributed by atoms with Gasteiger partial charge in [0, 0.05) is 17.5 Å². The standard InChI is InChI=1S/C43H31N3/c1-2-41-44-42(46-43(45-41)36-23-22-32-26-31(20-21-33(32)27-36)29-12-5-3-6-13-29)35-17-11-16-34(28-35)38-25-24-37(30-14-7-4-8-15-30)39-18-9-10-19-40(38)39/h3-28H,2H2,1H3. The quantitative estimate of drug-likeness (QED) is 0.194. The van der Waals surface area contributed by atoms with Crippen molar-refractivity contribution in [2.75, 3.05) is 0 Å². The van der Waals surface area contributed by atoms with E-state index in [-0.39, 0.29) is 0 Å². The number of rotatable bonds is 6. The second-order valence-electron chi connectivity index (χ2n) is 11.5. The molecule has 0 saturated carbocycles. The lowest BCUT2D eigenvalue weighted by Crippen LogP contribution is -2.02. The predicted octanol–water partition coefficient (Wildman–Crippen LogP) is 11.1. The minimum atomic E-state index is 0.688. The molecule has 1 aromatic heterocycles. The minimum absolute atomic E-state index is 0.688. The van der Waals surface area contributed by atoms with Gasteiger partial charge in [-0.3, -0.25) is 0 Å². The number of hydrogen-bond donors (Lipinski definition) is 0. The van der Waals surface area contributed by atoms with Crippen molar-refractivity contribution in [3.8, 4) is 56.2 Å². The molecular weight excluding hydrogens is 558 g/mol. The van der Waals surface area contributed by atoms with E-state index < -0.39 is 0 Å². The summed E-state index contributed by atoms with van der Waals surface area (Å²) in [6.45, 7) is 2.09. The first-order chi connectivity index (χ1) is 22.7. The molecule has 0 aliphatic heterocycles. The summed E-state index contributed by atoms with van der Waals surface area (Å²) < 4.78 is 0. The van der Waals surface area contributed by atoms with Crippen LogP contribution in [0.3, 0.4) is 0 Å². The van der Waals surface area contributed by atoms with E-state index in [1.165, 1.54) is 44.0 Å². The first-order valence-corrected chi connectivity index (χ1v) is 15.8. The Morgan fingerprint density at radius 3 is 1.52 bits per heavy atom. The maximum absolute atomic E-state index is 5.02. The summed E-state index contributed by atoms with van der Waals surface area (Å²) in [4.78, 5) is 14.8. The number of hydrogen-bond acceptors (Lipinski definition) is 3. The van der Waals surface area contributed by atoms with Crippen LogP contribution in [-0.2, 0) is 6.42 Å². The molecule has 0 N–H and O–H groups in total. The zero-order chi connectivity index (χ0) is 30.9. The van der Waals surface area contributed by atoms with Crippen LogP contribution in [0.25, 0.3) is 77.7 Å².